The van der Waals surface area contributed by atoms with Crippen LogP contribution in [0.4, 0.5) is 0 Å². The number of benzene rings is 1. The van der Waals surface area contributed by atoms with E-state index in [1.807, 2.05) is 17.0 Å². The molecule has 0 radical (unpaired) electrons. The first kappa shape index (κ1) is 14.9. The maximum atomic E-state index is 12.5. The fourth-order valence-electron chi connectivity index (χ4n) is 2.37. The van der Waals surface area contributed by atoms with Gasteiger partial charge < -0.3 is 15.7 Å². The lowest BCUT2D eigenvalue weighted by Crippen LogP contribution is -2.46. The third kappa shape index (κ3) is 3.97. The van der Waals surface area contributed by atoms with Gasteiger partial charge >= 0.3 is 0 Å². The number of unbranched alkanes of at least 4 members (excludes halogenated alkanes) is 1. The van der Waals surface area contributed by atoms with E-state index in [9.17, 15) is 9.90 Å². The number of carbonyl (C=O) groups excluding carboxylic acids is 1. The first-order chi connectivity index (χ1) is 9.61. The molecule has 4 heteroatoms. The van der Waals surface area contributed by atoms with Gasteiger partial charge in [-0.1, -0.05) is 25.5 Å². The molecule has 0 aromatic heterocycles. The smallest absolute Gasteiger partial charge is 0.240 e. The lowest BCUT2D eigenvalue weighted by atomic mass is 10.1. The number of aromatic hydroxyl groups is 1. The van der Waals surface area contributed by atoms with Crippen LogP contribution in [-0.4, -0.2) is 34.5 Å². The molecule has 110 valence electrons. The summed E-state index contributed by atoms with van der Waals surface area (Å²) in [6.45, 7) is 2.95. The molecule has 3 N–H and O–H groups in total. The highest BCUT2D eigenvalue weighted by molar-refractivity contribution is 5.82. The predicted octanol–water partition coefficient (Wildman–Crippen LogP) is 2.05. The molecule has 1 atom stereocenters. The van der Waals surface area contributed by atoms with E-state index in [0.29, 0.717) is 12.5 Å². The van der Waals surface area contributed by atoms with Crippen molar-refractivity contribution in [2.24, 2.45) is 5.73 Å². The molecule has 0 saturated heterocycles. The van der Waals surface area contributed by atoms with Crippen molar-refractivity contribution in [3.8, 4) is 5.75 Å². The Morgan fingerprint density at radius 2 is 2.05 bits per heavy atom. The molecular weight excluding hydrogens is 252 g/mol. The molecule has 1 aliphatic carbocycles. The van der Waals surface area contributed by atoms with Crippen molar-refractivity contribution < 1.29 is 9.90 Å². The number of amides is 1. The summed E-state index contributed by atoms with van der Waals surface area (Å²) in [6, 6.07) is 6.81. The Morgan fingerprint density at radius 1 is 1.40 bits per heavy atom. The predicted molar refractivity (Wildman–Crippen MR) is 79.4 cm³/mol. The molecule has 0 bridgehead atoms. The topological polar surface area (TPSA) is 66.6 Å². The highest BCUT2D eigenvalue weighted by Gasteiger charge is 2.34. The van der Waals surface area contributed by atoms with Gasteiger partial charge in [0.2, 0.25) is 5.91 Å². The number of phenolic OH excluding ortho intramolecular Hbond substituents is 1. The molecule has 1 aromatic rings. The third-order valence-corrected chi connectivity index (χ3v) is 3.73. The molecule has 1 saturated carbocycles. The molecule has 2 rings (SSSR count). The van der Waals surface area contributed by atoms with E-state index in [4.69, 9.17) is 5.73 Å². The second kappa shape index (κ2) is 6.75. The number of nitrogens with two attached hydrogens (primary N) is 1. The quantitative estimate of drug-likeness (QED) is 0.801. The maximum absolute atomic E-state index is 12.5. The van der Waals surface area contributed by atoms with Gasteiger partial charge in [-0.15, -0.1) is 0 Å². The summed E-state index contributed by atoms with van der Waals surface area (Å²) < 4.78 is 0. The van der Waals surface area contributed by atoms with Crippen LogP contribution in [0.25, 0.3) is 0 Å². The Bertz CT molecular complexity index is 440. The van der Waals surface area contributed by atoms with Gasteiger partial charge in [-0.05, 0) is 43.4 Å². The van der Waals surface area contributed by atoms with Gasteiger partial charge in [-0.3, -0.25) is 4.79 Å². The van der Waals surface area contributed by atoms with Crippen molar-refractivity contribution in [2.45, 2.75) is 51.1 Å². The van der Waals surface area contributed by atoms with E-state index in [1.54, 1.807) is 12.1 Å². The van der Waals surface area contributed by atoms with Crippen LogP contribution in [-0.2, 0) is 11.2 Å². The van der Waals surface area contributed by atoms with Crippen molar-refractivity contribution in [3.05, 3.63) is 29.8 Å². The second-order valence-corrected chi connectivity index (χ2v) is 5.59. The van der Waals surface area contributed by atoms with E-state index in [1.165, 1.54) is 0 Å². The number of carbonyl (C=O) groups is 1. The van der Waals surface area contributed by atoms with Crippen LogP contribution in [0.3, 0.4) is 0 Å². The fourth-order valence-corrected chi connectivity index (χ4v) is 2.37. The van der Waals surface area contributed by atoms with E-state index in [2.05, 4.69) is 6.92 Å². The average molecular weight is 276 g/mol. The van der Waals surface area contributed by atoms with Gasteiger partial charge in [0.05, 0.1) is 6.04 Å². The summed E-state index contributed by atoms with van der Waals surface area (Å²) in [5.74, 6) is 0.297. The minimum atomic E-state index is -0.489. The summed E-state index contributed by atoms with van der Waals surface area (Å²) >= 11 is 0. The molecule has 4 nitrogen and oxygen atoms in total. The Balaban J connectivity index is 1.93. The molecule has 0 aliphatic heterocycles. The van der Waals surface area contributed by atoms with Crippen LogP contribution in [0.2, 0.25) is 0 Å². The van der Waals surface area contributed by atoms with Crippen LogP contribution in [0, 0.1) is 0 Å². The summed E-state index contributed by atoms with van der Waals surface area (Å²) in [4.78, 5) is 14.4. The zero-order chi connectivity index (χ0) is 14.5. The van der Waals surface area contributed by atoms with Crippen LogP contribution in [0.5, 0.6) is 5.75 Å². The number of hydrogen-bond acceptors (Lipinski definition) is 3. The van der Waals surface area contributed by atoms with Crippen molar-refractivity contribution in [3.63, 3.8) is 0 Å². The highest BCUT2D eigenvalue weighted by Crippen LogP contribution is 2.28. The first-order valence-electron chi connectivity index (χ1n) is 7.45. The van der Waals surface area contributed by atoms with Crippen molar-refractivity contribution in [1.29, 1.82) is 0 Å². The van der Waals surface area contributed by atoms with Gasteiger partial charge in [-0.25, -0.2) is 0 Å². The van der Waals surface area contributed by atoms with Gasteiger partial charge in [0.15, 0.2) is 0 Å². The SMILES string of the molecule is CCCCN(C(=O)[C@H](N)Cc1ccc(O)cc1)C1CC1. The van der Waals surface area contributed by atoms with Crippen LogP contribution >= 0.6 is 0 Å². The Hall–Kier alpha value is -1.55. The molecule has 1 amide bonds. The maximum Gasteiger partial charge on any atom is 0.240 e. The third-order valence-electron chi connectivity index (χ3n) is 3.73. The molecule has 1 aromatic carbocycles. The van der Waals surface area contributed by atoms with E-state index in [0.717, 1.165) is 37.8 Å². The van der Waals surface area contributed by atoms with Crippen molar-refractivity contribution in [1.82, 2.24) is 4.90 Å². The number of rotatable bonds is 7. The molecule has 0 heterocycles. The molecule has 20 heavy (non-hydrogen) atoms. The summed E-state index contributed by atoms with van der Waals surface area (Å²) in [5, 5.41) is 9.26. The summed E-state index contributed by atoms with van der Waals surface area (Å²) in [7, 11) is 0. The minimum absolute atomic E-state index is 0.0639. The standard InChI is InChI=1S/C16H24N2O2/c1-2-3-10-18(13-6-7-13)16(20)15(17)11-12-4-8-14(19)9-5-12/h4-5,8-9,13,15,19H,2-3,6-7,10-11,17H2,1H3/t15-/m1/s1. The minimum Gasteiger partial charge on any atom is -0.508 e. The zero-order valence-corrected chi connectivity index (χ0v) is 12.1. The monoisotopic (exact) mass is 276 g/mol. The largest absolute Gasteiger partial charge is 0.508 e. The van der Waals surface area contributed by atoms with Crippen LogP contribution in [0.1, 0.15) is 38.2 Å². The van der Waals surface area contributed by atoms with Gasteiger partial charge in [0.25, 0.3) is 0 Å². The lowest BCUT2D eigenvalue weighted by Gasteiger charge is -2.25. The average Bonchev–Trinajstić information content (AvgIpc) is 3.26. The second-order valence-electron chi connectivity index (χ2n) is 5.59. The molecule has 1 aliphatic rings. The normalized spacial score (nSPS) is 15.9. The number of nitrogens with zero attached hydrogens (tertiary/aromatic N) is 1. The van der Waals surface area contributed by atoms with Crippen LogP contribution in [0.15, 0.2) is 24.3 Å². The molecule has 1 fully saturated rings. The number of phenols is 1. The lowest BCUT2D eigenvalue weighted by molar-refractivity contribution is -0.133. The molecule has 0 spiro atoms. The highest BCUT2D eigenvalue weighted by atomic mass is 16.3. The van der Waals surface area contributed by atoms with Crippen LogP contribution < -0.4 is 5.73 Å². The van der Waals surface area contributed by atoms with E-state index >= 15 is 0 Å². The Labute approximate surface area is 120 Å². The van der Waals surface area contributed by atoms with Gasteiger partial charge in [0, 0.05) is 12.6 Å². The van der Waals surface area contributed by atoms with E-state index in [-0.39, 0.29) is 11.7 Å². The molecular formula is C16H24N2O2. The first-order valence-corrected chi connectivity index (χ1v) is 7.45. The van der Waals surface area contributed by atoms with Crippen molar-refractivity contribution >= 4 is 5.91 Å². The summed E-state index contributed by atoms with van der Waals surface area (Å²) in [5.41, 5.74) is 7.05. The summed E-state index contributed by atoms with van der Waals surface area (Å²) in [6.07, 6.45) is 4.87. The fraction of sp³-hybridized carbons (Fsp3) is 0.562. The molecule has 0 unspecified atom stereocenters. The number of hydrogen-bond donors (Lipinski definition) is 2. The van der Waals surface area contributed by atoms with E-state index < -0.39 is 6.04 Å². The Morgan fingerprint density at radius 3 is 2.60 bits per heavy atom. The Kier molecular flexibility index (Phi) is 5.01. The van der Waals surface area contributed by atoms with Gasteiger partial charge in [-0.2, -0.15) is 0 Å². The van der Waals surface area contributed by atoms with Crippen molar-refractivity contribution in [2.75, 3.05) is 6.54 Å². The zero-order valence-electron chi connectivity index (χ0n) is 12.1. The van der Waals surface area contributed by atoms with Gasteiger partial charge in [0.1, 0.15) is 5.75 Å².